The number of rotatable bonds is 7. The van der Waals surface area contributed by atoms with Crippen LogP contribution < -0.4 is 5.32 Å². The zero-order valence-electron chi connectivity index (χ0n) is 11.3. The summed E-state index contributed by atoms with van der Waals surface area (Å²) in [6.45, 7) is 3.28. The third kappa shape index (κ3) is 3.42. The Morgan fingerprint density at radius 3 is 2.71 bits per heavy atom. The van der Waals surface area contributed by atoms with Crippen molar-refractivity contribution in [3.05, 3.63) is 0 Å². The van der Waals surface area contributed by atoms with Gasteiger partial charge in [0.2, 0.25) is 0 Å². The summed E-state index contributed by atoms with van der Waals surface area (Å²) >= 11 is 0. The molecule has 0 saturated heterocycles. The highest BCUT2D eigenvalue weighted by Gasteiger charge is 2.45. The Labute approximate surface area is 104 Å². The first kappa shape index (κ1) is 14.5. The van der Waals surface area contributed by atoms with Gasteiger partial charge in [0.1, 0.15) is 5.54 Å². The van der Waals surface area contributed by atoms with Gasteiger partial charge in [-0.2, -0.15) is 0 Å². The van der Waals surface area contributed by atoms with Crippen LogP contribution in [0.5, 0.6) is 0 Å². The number of nitrogens with one attached hydrogen (secondary N) is 1. The molecule has 0 radical (unpaired) electrons. The van der Waals surface area contributed by atoms with Crippen LogP contribution in [0.4, 0.5) is 0 Å². The van der Waals surface area contributed by atoms with Crippen LogP contribution in [0.15, 0.2) is 0 Å². The Bertz CT molecular complexity index is 258. The van der Waals surface area contributed by atoms with Crippen molar-refractivity contribution < 1.29 is 9.90 Å². The molecule has 1 saturated carbocycles. The van der Waals surface area contributed by atoms with E-state index in [2.05, 4.69) is 24.2 Å². The lowest BCUT2D eigenvalue weighted by Crippen LogP contribution is -2.49. The molecule has 0 heterocycles. The van der Waals surface area contributed by atoms with Crippen LogP contribution >= 0.6 is 0 Å². The van der Waals surface area contributed by atoms with Crippen LogP contribution in [0, 0.1) is 0 Å². The first-order chi connectivity index (χ1) is 8.05. The predicted molar refractivity (Wildman–Crippen MR) is 69.2 cm³/mol. The van der Waals surface area contributed by atoms with Crippen LogP contribution in [-0.4, -0.2) is 48.2 Å². The number of carbonyl (C=O) groups is 1. The fraction of sp³-hybridized carbons (Fsp3) is 0.923. The van der Waals surface area contributed by atoms with Crippen LogP contribution in [0.1, 0.15) is 45.4 Å². The van der Waals surface area contributed by atoms with Crippen molar-refractivity contribution in [1.82, 2.24) is 10.2 Å². The van der Waals surface area contributed by atoms with Gasteiger partial charge in [-0.1, -0.05) is 19.8 Å². The van der Waals surface area contributed by atoms with Crippen molar-refractivity contribution >= 4 is 5.97 Å². The monoisotopic (exact) mass is 242 g/mol. The van der Waals surface area contributed by atoms with E-state index < -0.39 is 11.5 Å². The van der Waals surface area contributed by atoms with Gasteiger partial charge in [-0.05, 0) is 46.3 Å². The van der Waals surface area contributed by atoms with Gasteiger partial charge >= 0.3 is 5.97 Å². The quantitative estimate of drug-likeness (QED) is 0.667. The van der Waals surface area contributed by atoms with Crippen molar-refractivity contribution in [1.29, 1.82) is 0 Å². The predicted octanol–water partition coefficient (Wildman–Crippen LogP) is 1.70. The molecule has 0 aliphatic heterocycles. The summed E-state index contributed by atoms with van der Waals surface area (Å²) in [6, 6.07) is 0.412. The molecule has 100 valence electrons. The molecular formula is C13H26N2O2. The summed E-state index contributed by atoms with van der Waals surface area (Å²) < 4.78 is 0. The zero-order valence-corrected chi connectivity index (χ0v) is 11.3. The summed E-state index contributed by atoms with van der Waals surface area (Å²) in [4.78, 5) is 13.6. The van der Waals surface area contributed by atoms with Crippen molar-refractivity contribution in [3.63, 3.8) is 0 Å². The molecule has 2 N–H and O–H groups in total. The number of hydrogen-bond acceptors (Lipinski definition) is 3. The molecule has 0 spiro atoms. The highest BCUT2D eigenvalue weighted by molar-refractivity contribution is 5.79. The van der Waals surface area contributed by atoms with Crippen LogP contribution in [0.25, 0.3) is 0 Å². The van der Waals surface area contributed by atoms with E-state index in [-0.39, 0.29) is 0 Å². The highest BCUT2D eigenvalue weighted by atomic mass is 16.4. The van der Waals surface area contributed by atoms with Gasteiger partial charge in [-0.25, -0.2) is 0 Å². The number of unbranched alkanes of at least 4 members (excludes halogenated alkanes) is 2. The van der Waals surface area contributed by atoms with Gasteiger partial charge in [-0.15, -0.1) is 0 Å². The third-order valence-electron chi connectivity index (χ3n) is 4.11. The molecule has 4 heteroatoms. The number of likely N-dealkylation sites (N-methyl/N-ethyl adjacent to an activating group) is 1. The van der Waals surface area contributed by atoms with Crippen molar-refractivity contribution in [2.45, 2.75) is 57.0 Å². The number of carboxylic acids is 1. The average Bonchev–Trinajstić information content (AvgIpc) is 2.75. The highest BCUT2D eigenvalue weighted by Crippen LogP contribution is 2.32. The SMILES string of the molecule is CCCCCN(C)C1CCC(NC)(C(=O)O)C1. The van der Waals surface area contributed by atoms with E-state index in [1.165, 1.54) is 19.3 Å². The van der Waals surface area contributed by atoms with Crippen molar-refractivity contribution in [2.24, 2.45) is 0 Å². The van der Waals surface area contributed by atoms with E-state index in [4.69, 9.17) is 0 Å². The smallest absolute Gasteiger partial charge is 0.323 e. The molecule has 2 atom stereocenters. The fourth-order valence-corrected chi connectivity index (χ4v) is 2.72. The molecule has 0 aromatic carbocycles. The number of aliphatic carboxylic acids is 1. The molecule has 2 unspecified atom stereocenters. The van der Waals surface area contributed by atoms with E-state index in [1.54, 1.807) is 7.05 Å². The summed E-state index contributed by atoms with van der Waals surface area (Å²) in [5.41, 5.74) is -0.691. The van der Waals surface area contributed by atoms with Gasteiger partial charge < -0.3 is 15.3 Å². The Morgan fingerprint density at radius 1 is 1.53 bits per heavy atom. The van der Waals surface area contributed by atoms with E-state index >= 15 is 0 Å². The average molecular weight is 242 g/mol. The van der Waals surface area contributed by atoms with Gasteiger partial charge in [0, 0.05) is 6.04 Å². The Hall–Kier alpha value is -0.610. The Balaban J connectivity index is 2.45. The number of hydrogen-bond donors (Lipinski definition) is 2. The summed E-state index contributed by atoms with van der Waals surface area (Å²) in [6.07, 6.45) is 6.14. The van der Waals surface area contributed by atoms with E-state index in [0.717, 1.165) is 25.8 Å². The lowest BCUT2D eigenvalue weighted by molar-refractivity contribution is -0.144. The van der Waals surface area contributed by atoms with Gasteiger partial charge in [0.15, 0.2) is 0 Å². The minimum atomic E-state index is -0.704. The van der Waals surface area contributed by atoms with Crippen LogP contribution in [-0.2, 0) is 4.79 Å². The summed E-state index contributed by atoms with van der Waals surface area (Å²) in [5.74, 6) is -0.704. The molecule has 17 heavy (non-hydrogen) atoms. The largest absolute Gasteiger partial charge is 0.480 e. The molecule has 0 amide bonds. The standard InChI is InChI=1S/C13H26N2O2/c1-4-5-6-9-15(3)11-7-8-13(10-11,14-2)12(16)17/h11,14H,4-10H2,1-3H3,(H,16,17). The number of carboxylic acid groups (broad SMARTS) is 1. The van der Waals surface area contributed by atoms with Crippen molar-refractivity contribution in [2.75, 3.05) is 20.6 Å². The molecular weight excluding hydrogens is 216 g/mol. The fourth-order valence-electron chi connectivity index (χ4n) is 2.72. The first-order valence-corrected chi connectivity index (χ1v) is 6.68. The second-order valence-corrected chi connectivity index (χ2v) is 5.22. The summed E-state index contributed by atoms with van der Waals surface area (Å²) in [7, 11) is 3.88. The molecule has 1 aliphatic rings. The maximum atomic E-state index is 11.3. The molecule has 1 aliphatic carbocycles. The van der Waals surface area contributed by atoms with E-state index in [1.807, 2.05) is 0 Å². The molecule has 1 rings (SSSR count). The van der Waals surface area contributed by atoms with E-state index in [9.17, 15) is 9.90 Å². The lowest BCUT2D eigenvalue weighted by atomic mass is 9.98. The molecule has 4 nitrogen and oxygen atoms in total. The second-order valence-electron chi connectivity index (χ2n) is 5.22. The maximum Gasteiger partial charge on any atom is 0.323 e. The lowest BCUT2D eigenvalue weighted by Gasteiger charge is -2.27. The molecule has 0 aromatic heterocycles. The molecule has 0 aromatic rings. The van der Waals surface area contributed by atoms with Gasteiger partial charge in [0.05, 0.1) is 0 Å². The van der Waals surface area contributed by atoms with Crippen LogP contribution in [0.2, 0.25) is 0 Å². The molecule has 0 bridgehead atoms. The molecule has 1 fully saturated rings. The minimum Gasteiger partial charge on any atom is -0.480 e. The zero-order chi connectivity index (χ0) is 12.9. The van der Waals surface area contributed by atoms with E-state index in [0.29, 0.717) is 6.04 Å². The third-order valence-corrected chi connectivity index (χ3v) is 4.11. The second kappa shape index (κ2) is 6.36. The van der Waals surface area contributed by atoms with Gasteiger partial charge in [-0.3, -0.25) is 4.79 Å². The topological polar surface area (TPSA) is 52.6 Å². The normalized spacial score (nSPS) is 28.8. The number of nitrogens with zero attached hydrogens (tertiary/aromatic N) is 1. The minimum absolute atomic E-state index is 0.412. The first-order valence-electron chi connectivity index (χ1n) is 6.68. The van der Waals surface area contributed by atoms with Crippen molar-refractivity contribution in [3.8, 4) is 0 Å². The van der Waals surface area contributed by atoms with Gasteiger partial charge in [0.25, 0.3) is 0 Å². The Morgan fingerprint density at radius 2 is 2.24 bits per heavy atom. The summed E-state index contributed by atoms with van der Waals surface area (Å²) in [5, 5.41) is 12.3. The van der Waals surface area contributed by atoms with Crippen LogP contribution in [0.3, 0.4) is 0 Å². The Kier molecular flexibility index (Phi) is 5.40. The maximum absolute atomic E-state index is 11.3.